The van der Waals surface area contributed by atoms with E-state index >= 15 is 0 Å². The number of rotatable bonds is 3. The van der Waals surface area contributed by atoms with Gasteiger partial charge in [0.05, 0.1) is 0 Å². The molecule has 2 fully saturated rings. The standard InChI is InChI=1S/C19H27N3.2ClH/c1-2-4-15(5-3-1)19(22-12-10-20-11-13-22)17-6-7-18-16(14-17)8-9-21-18;;/h6-9,14-15,19-21H,1-5,10-13H2;2*1H/t19-;;/m1../s1. The number of piperazine rings is 1. The Morgan fingerprint density at radius 1 is 0.958 bits per heavy atom. The van der Waals surface area contributed by atoms with Gasteiger partial charge in [0.15, 0.2) is 0 Å². The number of hydrogen-bond acceptors (Lipinski definition) is 2. The number of nitrogens with one attached hydrogen (secondary N) is 2. The Morgan fingerprint density at radius 2 is 1.71 bits per heavy atom. The predicted octanol–water partition coefficient (Wildman–Crippen LogP) is 4.54. The van der Waals surface area contributed by atoms with Gasteiger partial charge in [-0.15, -0.1) is 24.8 Å². The van der Waals surface area contributed by atoms with E-state index in [0.29, 0.717) is 6.04 Å². The third-order valence-corrected chi connectivity index (χ3v) is 5.56. The fourth-order valence-electron chi connectivity index (χ4n) is 4.45. The molecule has 0 unspecified atom stereocenters. The van der Waals surface area contributed by atoms with Crippen LogP contribution >= 0.6 is 24.8 Å². The summed E-state index contributed by atoms with van der Waals surface area (Å²) < 4.78 is 0. The van der Waals surface area contributed by atoms with E-state index in [2.05, 4.69) is 45.7 Å². The van der Waals surface area contributed by atoms with Gasteiger partial charge in [-0.05, 0) is 47.9 Å². The first-order valence-corrected chi connectivity index (χ1v) is 8.93. The summed E-state index contributed by atoms with van der Waals surface area (Å²) in [4.78, 5) is 6.06. The maximum Gasteiger partial charge on any atom is 0.0454 e. The second-order valence-corrected chi connectivity index (χ2v) is 6.95. The van der Waals surface area contributed by atoms with E-state index in [1.807, 2.05) is 0 Å². The number of aromatic amines is 1. The molecule has 0 spiro atoms. The summed E-state index contributed by atoms with van der Waals surface area (Å²) in [6.07, 6.45) is 9.12. The van der Waals surface area contributed by atoms with E-state index < -0.39 is 0 Å². The summed E-state index contributed by atoms with van der Waals surface area (Å²) in [6, 6.07) is 9.87. The van der Waals surface area contributed by atoms with Gasteiger partial charge in [0.2, 0.25) is 0 Å². The van der Waals surface area contributed by atoms with Gasteiger partial charge in [0.1, 0.15) is 0 Å². The highest BCUT2D eigenvalue weighted by molar-refractivity contribution is 5.85. The Morgan fingerprint density at radius 3 is 2.46 bits per heavy atom. The van der Waals surface area contributed by atoms with Crippen LogP contribution in [0.3, 0.4) is 0 Å². The number of fused-ring (bicyclic) bond motifs is 1. The Bertz CT molecular complexity index is 598. The third-order valence-electron chi connectivity index (χ3n) is 5.56. The van der Waals surface area contributed by atoms with Crippen LogP contribution in [0, 0.1) is 5.92 Å². The summed E-state index contributed by atoms with van der Waals surface area (Å²) in [5, 5.41) is 4.86. The Labute approximate surface area is 157 Å². The van der Waals surface area contributed by atoms with Crippen LogP contribution in [0.1, 0.15) is 43.7 Å². The largest absolute Gasteiger partial charge is 0.361 e. The Kier molecular flexibility index (Phi) is 7.42. The van der Waals surface area contributed by atoms with Crippen molar-refractivity contribution in [1.82, 2.24) is 15.2 Å². The zero-order valence-corrected chi connectivity index (χ0v) is 15.8. The Balaban J connectivity index is 0.00000104. The van der Waals surface area contributed by atoms with Crippen LogP contribution in [0.25, 0.3) is 10.9 Å². The maximum atomic E-state index is 3.50. The lowest BCUT2D eigenvalue weighted by Crippen LogP contribution is -2.47. The van der Waals surface area contributed by atoms with Crippen molar-refractivity contribution in [2.45, 2.75) is 38.1 Å². The van der Waals surface area contributed by atoms with Crippen LogP contribution in [-0.2, 0) is 0 Å². The number of hydrogen-bond donors (Lipinski definition) is 2. The van der Waals surface area contributed by atoms with E-state index in [0.717, 1.165) is 19.0 Å². The Hall–Kier alpha value is -0.740. The van der Waals surface area contributed by atoms with Gasteiger partial charge < -0.3 is 10.3 Å². The number of aromatic nitrogens is 1. The van der Waals surface area contributed by atoms with Crippen LogP contribution in [-0.4, -0.2) is 36.1 Å². The molecule has 2 N–H and O–H groups in total. The molecule has 1 aliphatic heterocycles. The number of benzene rings is 1. The molecule has 0 bridgehead atoms. The fourth-order valence-corrected chi connectivity index (χ4v) is 4.45. The fraction of sp³-hybridized carbons (Fsp3) is 0.579. The molecule has 0 radical (unpaired) electrons. The molecule has 2 heterocycles. The summed E-state index contributed by atoms with van der Waals surface area (Å²) in [6.45, 7) is 4.64. The number of halogens is 2. The lowest BCUT2D eigenvalue weighted by atomic mass is 9.80. The molecule has 0 amide bonds. The van der Waals surface area contributed by atoms with Crippen LogP contribution in [0.2, 0.25) is 0 Å². The molecule has 24 heavy (non-hydrogen) atoms. The molecule has 1 aromatic heterocycles. The lowest BCUT2D eigenvalue weighted by molar-refractivity contribution is 0.103. The average Bonchev–Trinajstić information content (AvgIpc) is 3.05. The molecular formula is C19H29Cl2N3. The van der Waals surface area contributed by atoms with Crippen LogP contribution < -0.4 is 5.32 Å². The zero-order chi connectivity index (χ0) is 14.8. The minimum absolute atomic E-state index is 0. The molecule has 2 aromatic rings. The molecule has 1 saturated carbocycles. The summed E-state index contributed by atoms with van der Waals surface area (Å²) >= 11 is 0. The van der Waals surface area contributed by atoms with Gasteiger partial charge in [0, 0.05) is 43.9 Å². The minimum atomic E-state index is 0. The SMILES string of the molecule is Cl.Cl.c1cc2cc([C@@H](C3CCCCC3)N3CCNCC3)ccc2[nH]1. The van der Waals surface area contributed by atoms with Crippen molar-refractivity contribution in [3.8, 4) is 0 Å². The third kappa shape index (κ3) is 4.08. The number of nitrogens with zero attached hydrogens (tertiary/aromatic N) is 1. The van der Waals surface area contributed by atoms with Gasteiger partial charge in [-0.3, -0.25) is 4.90 Å². The van der Waals surface area contributed by atoms with Crippen molar-refractivity contribution in [3.05, 3.63) is 36.0 Å². The van der Waals surface area contributed by atoms with Crippen LogP contribution in [0.4, 0.5) is 0 Å². The highest BCUT2D eigenvalue weighted by Gasteiger charge is 2.30. The van der Waals surface area contributed by atoms with E-state index in [-0.39, 0.29) is 24.8 Å². The second-order valence-electron chi connectivity index (χ2n) is 6.95. The molecule has 1 saturated heterocycles. The van der Waals surface area contributed by atoms with Crippen molar-refractivity contribution in [3.63, 3.8) is 0 Å². The highest BCUT2D eigenvalue weighted by Crippen LogP contribution is 2.39. The van der Waals surface area contributed by atoms with E-state index in [4.69, 9.17) is 0 Å². The zero-order valence-electron chi connectivity index (χ0n) is 14.2. The van der Waals surface area contributed by atoms with Crippen molar-refractivity contribution < 1.29 is 0 Å². The summed E-state index contributed by atoms with van der Waals surface area (Å²) in [5.41, 5.74) is 2.78. The maximum absolute atomic E-state index is 3.50. The van der Waals surface area contributed by atoms with Crippen molar-refractivity contribution in [2.75, 3.05) is 26.2 Å². The second kappa shape index (κ2) is 9.10. The van der Waals surface area contributed by atoms with Crippen molar-refractivity contribution in [1.29, 1.82) is 0 Å². The molecular weight excluding hydrogens is 341 g/mol. The molecule has 1 aromatic carbocycles. The minimum Gasteiger partial charge on any atom is -0.361 e. The quantitative estimate of drug-likeness (QED) is 0.831. The first kappa shape index (κ1) is 19.6. The van der Waals surface area contributed by atoms with E-state index in [1.165, 1.54) is 61.7 Å². The molecule has 5 heteroatoms. The molecule has 3 nitrogen and oxygen atoms in total. The lowest BCUT2D eigenvalue weighted by Gasteiger charge is -2.41. The van der Waals surface area contributed by atoms with E-state index in [9.17, 15) is 0 Å². The van der Waals surface area contributed by atoms with Gasteiger partial charge in [-0.25, -0.2) is 0 Å². The highest BCUT2D eigenvalue weighted by atomic mass is 35.5. The van der Waals surface area contributed by atoms with Crippen LogP contribution in [0.15, 0.2) is 30.5 Å². The molecule has 4 rings (SSSR count). The van der Waals surface area contributed by atoms with Gasteiger partial charge >= 0.3 is 0 Å². The normalized spacial score (nSPS) is 21.0. The molecule has 1 aliphatic carbocycles. The van der Waals surface area contributed by atoms with Crippen molar-refractivity contribution in [2.24, 2.45) is 5.92 Å². The molecule has 1 atom stereocenters. The molecule has 2 aliphatic rings. The van der Waals surface area contributed by atoms with Crippen LogP contribution in [0.5, 0.6) is 0 Å². The first-order valence-electron chi connectivity index (χ1n) is 8.93. The van der Waals surface area contributed by atoms with Gasteiger partial charge in [0.25, 0.3) is 0 Å². The molecule has 134 valence electrons. The van der Waals surface area contributed by atoms with Gasteiger partial charge in [-0.2, -0.15) is 0 Å². The topological polar surface area (TPSA) is 31.1 Å². The average molecular weight is 370 g/mol. The smallest absolute Gasteiger partial charge is 0.0454 e. The number of H-pyrrole nitrogens is 1. The van der Waals surface area contributed by atoms with Gasteiger partial charge in [-0.1, -0.05) is 25.3 Å². The summed E-state index contributed by atoms with van der Waals surface area (Å²) in [7, 11) is 0. The van der Waals surface area contributed by atoms with Crippen molar-refractivity contribution >= 4 is 35.7 Å². The monoisotopic (exact) mass is 369 g/mol. The summed E-state index contributed by atoms with van der Waals surface area (Å²) in [5.74, 6) is 0.836. The first-order chi connectivity index (χ1) is 10.9. The predicted molar refractivity (Wildman–Crippen MR) is 107 cm³/mol. The van der Waals surface area contributed by atoms with E-state index in [1.54, 1.807) is 0 Å².